The van der Waals surface area contributed by atoms with E-state index in [2.05, 4.69) is 0 Å². The zero-order valence-corrected chi connectivity index (χ0v) is 8.09. The summed E-state index contributed by atoms with van der Waals surface area (Å²) in [6.07, 6.45) is 2.25. The molecule has 14 heavy (non-hydrogen) atoms. The van der Waals surface area contributed by atoms with Gasteiger partial charge in [-0.2, -0.15) is 0 Å². The molecule has 1 aromatic carbocycles. The van der Waals surface area contributed by atoms with E-state index in [4.69, 9.17) is 0 Å². The average molecular weight is 193 g/mol. The van der Waals surface area contributed by atoms with E-state index in [1.165, 1.54) is 12.1 Å². The monoisotopic (exact) mass is 193 g/mol. The fourth-order valence-corrected chi connectivity index (χ4v) is 1.79. The van der Waals surface area contributed by atoms with Crippen LogP contribution in [0.25, 0.3) is 0 Å². The highest BCUT2D eigenvalue weighted by atomic mass is 19.1. The van der Waals surface area contributed by atoms with E-state index in [1.807, 2.05) is 0 Å². The lowest BCUT2D eigenvalue weighted by atomic mass is 10.1. The van der Waals surface area contributed by atoms with Gasteiger partial charge in [-0.25, -0.2) is 4.39 Å². The maximum Gasteiger partial charge on any atom is 0.226 e. The van der Waals surface area contributed by atoms with Gasteiger partial charge < -0.3 is 4.90 Å². The van der Waals surface area contributed by atoms with Crippen LogP contribution in [0.3, 0.4) is 0 Å². The first-order valence-electron chi connectivity index (χ1n) is 4.73. The fraction of sp³-hybridized carbons (Fsp3) is 0.364. The van der Waals surface area contributed by atoms with Gasteiger partial charge in [-0.3, -0.25) is 4.79 Å². The van der Waals surface area contributed by atoms with Gasteiger partial charge in [-0.05, 0) is 30.5 Å². The number of anilines is 1. The Kier molecular flexibility index (Phi) is 2.23. The molecule has 0 unspecified atom stereocenters. The molecule has 74 valence electrons. The molecule has 0 aromatic heterocycles. The SMILES string of the molecule is CN1C(=O)CCCc2ccc(F)cc21. The topological polar surface area (TPSA) is 20.3 Å². The maximum atomic E-state index is 13.0. The predicted molar refractivity (Wildman–Crippen MR) is 52.7 cm³/mol. The van der Waals surface area contributed by atoms with Gasteiger partial charge in [0.25, 0.3) is 0 Å². The van der Waals surface area contributed by atoms with Crippen molar-refractivity contribution >= 4 is 11.6 Å². The van der Waals surface area contributed by atoms with Crippen molar-refractivity contribution in [1.29, 1.82) is 0 Å². The van der Waals surface area contributed by atoms with Crippen LogP contribution in [0.5, 0.6) is 0 Å². The van der Waals surface area contributed by atoms with Gasteiger partial charge in [0.2, 0.25) is 5.91 Å². The smallest absolute Gasteiger partial charge is 0.226 e. The molecule has 3 heteroatoms. The second kappa shape index (κ2) is 3.40. The molecule has 0 radical (unpaired) electrons. The van der Waals surface area contributed by atoms with Crippen LogP contribution in [0.4, 0.5) is 10.1 Å². The number of rotatable bonds is 0. The average Bonchev–Trinajstić information content (AvgIpc) is 2.30. The number of carbonyl (C=O) groups is 1. The lowest BCUT2D eigenvalue weighted by molar-refractivity contribution is -0.118. The van der Waals surface area contributed by atoms with E-state index >= 15 is 0 Å². The third kappa shape index (κ3) is 1.50. The van der Waals surface area contributed by atoms with E-state index in [9.17, 15) is 9.18 Å². The minimum atomic E-state index is -0.287. The summed E-state index contributed by atoms with van der Waals surface area (Å²) in [6, 6.07) is 4.64. The van der Waals surface area contributed by atoms with Gasteiger partial charge in [-0.1, -0.05) is 6.07 Å². The van der Waals surface area contributed by atoms with E-state index in [0.29, 0.717) is 12.1 Å². The molecule has 0 fully saturated rings. The van der Waals surface area contributed by atoms with E-state index in [-0.39, 0.29) is 11.7 Å². The van der Waals surface area contributed by atoms with Crippen molar-refractivity contribution in [3.63, 3.8) is 0 Å². The lowest BCUT2D eigenvalue weighted by Crippen LogP contribution is -2.25. The first kappa shape index (κ1) is 9.19. The van der Waals surface area contributed by atoms with E-state index in [1.54, 1.807) is 18.0 Å². The number of halogens is 1. The Morgan fingerprint density at radius 1 is 1.36 bits per heavy atom. The zero-order chi connectivity index (χ0) is 10.1. The molecule has 1 aliphatic rings. The molecule has 0 saturated heterocycles. The minimum absolute atomic E-state index is 0.0642. The molecule has 2 nitrogen and oxygen atoms in total. The quantitative estimate of drug-likeness (QED) is 0.618. The van der Waals surface area contributed by atoms with Crippen LogP contribution in [-0.4, -0.2) is 13.0 Å². The summed E-state index contributed by atoms with van der Waals surface area (Å²) in [6.45, 7) is 0. The molecule has 0 saturated carbocycles. The van der Waals surface area contributed by atoms with Crippen molar-refractivity contribution in [3.05, 3.63) is 29.6 Å². The Hall–Kier alpha value is -1.38. The molecule has 0 atom stereocenters. The third-order valence-electron chi connectivity index (χ3n) is 2.62. The molecular formula is C11H12FNO. The van der Waals surface area contributed by atoms with Crippen LogP contribution < -0.4 is 4.90 Å². The predicted octanol–water partition coefficient (Wildman–Crippen LogP) is 2.12. The second-order valence-electron chi connectivity index (χ2n) is 3.58. The maximum absolute atomic E-state index is 13.0. The third-order valence-corrected chi connectivity index (χ3v) is 2.62. The highest BCUT2D eigenvalue weighted by Gasteiger charge is 2.18. The van der Waals surface area contributed by atoms with Gasteiger partial charge in [0.05, 0.1) is 0 Å². The summed E-state index contributed by atoms with van der Waals surface area (Å²) in [5.41, 5.74) is 1.77. The Morgan fingerprint density at radius 3 is 2.93 bits per heavy atom. The standard InChI is InChI=1S/C11H12FNO/c1-13-10-7-9(12)6-5-8(10)3-2-4-11(13)14/h5-7H,2-4H2,1H3. The summed E-state index contributed by atoms with van der Waals surface area (Å²) >= 11 is 0. The highest BCUT2D eigenvalue weighted by Crippen LogP contribution is 2.26. The van der Waals surface area contributed by atoms with Crippen LogP contribution in [-0.2, 0) is 11.2 Å². The summed E-state index contributed by atoms with van der Waals surface area (Å²) in [5, 5.41) is 0. The number of hydrogen-bond acceptors (Lipinski definition) is 1. The number of benzene rings is 1. The van der Waals surface area contributed by atoms with Crippen molar-refractivity contribution in [2.24, 2.45) is 0 Å². The molecule has 0 aliphatic carbocycles. The Labute approximate surface area is 82.3 Å². The zero-order valence-electron chi connectivity index (χ0n) is 8.09. The minimum Gasteiger partial charge on any atom is -0.315 e. The van der Waals surface area contributed by atoms with Gasteiger partial charge in [0.1, 0.15) is 5.82 Å². The van der Waals surface area contributed by atoms with E-state index in [0.717, 1.165) is 18.4 Å². The van der Waals surface area contributed by atoms with Crippen molar-refractivity contribution in [3.8, 4) is 0 Å². The summed E-state index contributed by atoms with van der Waals surface area (Å²) in [4.78, 5) is 13.0. The van der Waals surface area contributed by atoms with Gasteiger partial charge in [0.15, 0.2) is 0 Å². The van der Waals surface area contributed by atoms with Gasteiger partial charge in [-0.15, -0.1) is 0 Å². The van der Waals surface area contributed by atoms with Crippen molar-refractivity contribution in [2.75, 3.05) is 11.9 Å². The fourth-order valence-electron chi connectivity index (χ4n) is 1.79. The van der Waals surface area contributed by atoms with Crippen molar-refractivity contribution in [1.82, 2.24) is 0 Å². The number of aryl methyl sites for hydroxylation is 1. The molecule has 1 amide bonds. The molecule has 1 aliphatic heterocycles. The number of hydrogen-bond donors (Lipinski definition) is 0. The molecule has 2 rings (SSSR count). The summed E-state index contributed by atoms with van der Waals surface area (Å²) in [7, 11) is 1.70. The number of fused-ring (bicyclic) bond motifs is 1. The molecular weight excluding hydrogens is 181 g/mol. The van der Waals surface area contributed by atoms with Crippen LogP contribution in [0.2, 0.25) is 0 Å². The summed E-state index contributed by atoms with van der Waals surface area (Å²) < 4.78 is 13.0. The van der Waals surface area contributed by atoms with Crippen LogP contribution >= 0.6 is 0 Å². The van der Waals surface area contributed by atoms with Crippen molar-refractivity contribution in [2.45, 2.75) is 19.3 Å². The van der Waals surface area contributed by atoms with Gasteiger partial charge in [0, 0.05) is 19.2 Å². The van der Waals surface area contributed by atoms with Crippen LogP contribution in [0.1, 0.15) is 18.4 Å². The molecule has 0 N–H and O–H groups in total. The second-order valence-corrected chi connectivity index (χ2v) is 3.58. The normalized spacial score (nSPS) is 16.4. The van der Waals surface area contributed by atoms with Crippen LogP contribution in [0.15, 0.2) is 18.2 Å². The number of amides is 1. The summed E-state index contributed by atoms with van der Waals surface area (Å²) in [5.74, 6) is -0.223. The Balaban J connectivity index is 2.49. The highest BCUT2D eigenvalue weighted by molar-refractivity contribution is 5.94. The first-order valence-corrected chi connectivity index (χ1v) is 4.73. The molecule has 1 aromatic rings. The number of carbonyl (C=O) groups excluding carboxylic acids is 1. The lowest BCUT2D eigenvalue weighted by Gasteiger charge is -2.17. The molecule has 0 bridgehead atoms. The van der Waals surface area contributed by atoms with E-state index < -0.39 is 0 Å². The molecule has 1 heterocycles. The van der Waals surface area contributed by atoms with Gasteiger partial charge >= 0.3 is 0 Å². The first-order chi connectivity index (χ1) is 6.68. The Morgan fingerprint density at radius 2 is 2.14 bits per heavy atom. The Bertz CT molecular complexity index is 376. The van der Waals surface area contributed by atoms with Crippen LogP contribution in [0, 0.1) is 5.82 Å². The van der Waals surface area contributed by atoms with Crippen molar-refractivity contribution < 1.29 is 9.18 Å². The largest absolute Gasteiger partial charge is 0.315 e. The number of nitrogens with zero attached hydrogens (tertiary/aromatic N) is 1. The molecule has 0 spiro atoms.